The molecule has 0 bridgehead atoms. The fourth-order valence-corrected chi connectivity index (χ4v) is 1.01. The summed E-state index contributed by atoms with van der Waals surface area (Å²) in [5.41, 5.74) is 0. The van der Waals surface area contributed by atoms with E-state index in [2.05, 4.69) is 31.7 Å². The van der Waals surface area contributed by atoms with Crippen LogP contribution < -0.4 is 0 Å². The lowest BCUT2D eigenvalue weighted by Gasteiger charge is -1.94. The first-order valence-electron chi connectivity index (χ1n) is 4.34. The zero-order valence-corrected chi connectivity index (χ0v) is 7.56. The fourth-order valence-electron chi connectivity index (χ4n) is 1.01. The maximum absolute atomic E-state index is 2.29. The highest BCUT2D eigenvalue weighted by Crippen LogP contribution is 1.92. The summed E-state index contributed by atoms with van der Waals surface area (Å²) < 4.78 is 2.29. The van der Waals surface area contributed by atoms with Gasteiger partial charge in [-0.1, -0.05) is 20.3 Å². The summed E-state index contributed by atoms with van der Waals surface area (Å²) >= 11 is 0. The maximum Gasteiger partial charge on any atom is 0.142 e. The third-order valence-corrected chi connectivity index (χ3v) is 1.61. The van der Waals surface area contributed by atoms with Gasteiger partial charge in [0.2, 0.25) is 0 Å². The highest BCUT2D eigenvalue weighted by Gasteiger charge is 1.92. The van der Waals surface area contributed by atoms with Gasteiger partial charge in [-0.25, -0.2) is 4.58 Å². The van der Waals surface area contributed by atoms with E-state index in [0.717, 1.165) is 6.42 Å². The summed E-state index contributed by atoms with van der Waals surface area (Å²) in [7, 11) is 2.15. The van der Waals surface area contributed by atoms with Gasteiger partial charge in [-0.3, -0.25) is 0 Å². The number of hydrogen-bond acceptors (Lipinski definition) is 0. The lowest BCUT2D eigenvalue weighted by atomic mass is 10.2. The van der Waals surface area contributed by atoms with Crippen LogP contribution in [0.2, 0.25) is 0 Å². The van der Waals surface area contributed by atoms with Crippen LogP contribution in [0.4, 0.5) is 0 Å². The summed E-state index contributed by atoms with van der Waals surface area (Å²) in [4.78, 5) is 0. The van der Waals surface area contributed by atoms with Crippen molar-refractivity contribution in [3.8, 4) is 0 Å². The largest absolute Gasteiger partial charge is 0.242 e. The summed E-state index contributed by atoms with van der Waals surface area (Å²) in [6.07, 6.45) is 7.42. The van der Waals surface area contributed by atoms with E-state index in [9.17, 15) is 0 Å². The standard InChI is InChI=1S/C9H20N/c1-4-6-7-9-10(3)8-5-2/h8H,4-7,9H2,1-3H3/q+1. The molecular weight excluding hydrogens is 122 g/mol. The van der Waals surface area contributed by atoms with Gasteiger partial charge in [0.15, 0.2) is 0 Å². The molecule has 10 heavy (non-hydrogen) atoms. The Morgan fingerprint density at radius 2 is 1.90 bits per heavy atom. The highest BCUT2D eigenvalue weighted by atomic mass is 14.9. The van der Waals surface area contributed by atoms with Gasteiger partial charge >= 0.3 is 0 Å². The smallest absolute Gasteiger partial charge is 0.142 e. The molecule has 60 valence electrons. The van der Waals surface area contributed by atoms with Gasteiger partial charge in [-0.15, -0.1) is 0 Å². The van der Waals surface area contributed by atoms with Crippen LogP contribution in [-0.4, -0.2) is 24.4 Å². The van der Waals surface area contributed by atoms with Crippen molar-refractivity contribution in [3.63, 3.8) is 0 Å². The predicted octanol–water partition coefficient (Wildman–Crippen LogP) is 2.30. The van der Waals surface area contributed by atoms with E-state index in [0.29, 0.717) is 0 Å². The lowest BCUT2D eigenvalue weighted by Crippen LogP contribution is -2.08. The molecule has 0 atom stereocenters. The van der Waals surface area contributed by atoms with Crippen molar-refractivity contribution in [2.45, 2.75) is 39.5 Å². The number of nitrogens with zero attached hydrogens (tertiary/aromatic N) is 1. The molecule has 0 saturated carbocycles. The number of hydrogen-bond donors (Lipinski definition) is 0. The zero-order chi connectivity index (χ0) is 7.82. The van der Waals surface area contributed by atoms with Crippen LogP contribution in [0, 0.1) is 0 Å². The third-order valence-electron chi connectivity index (χ3n) is 1.61. The normalized spacial score (nSPS) is 12.1. The van der Waals surface area contributed by atoms with Crippen molar-refractivity contribution in [3.05, 3.63) is 0 Å². The topological polar surface area (TPSA) is 3.01 Å². The second-order valence-electron chi connectivity index (χ2n) is 2.78. The molecule has 0 aromatic rings. The molecule has 0 aliphatic heterocycles. The highest BCUT2D eigenvalue weighted by molar-refractivity contribution is 5.50. The Hall–Kier alpha value is -0.330. The first-order chi connectivity index (χ1) is 4.81. The molecule has 0 spiro atoms. The average molecular weight is 142 g/mol. The number of rotatable bonds is 5. The molecule has 0 heterocycles. The van der Waals surface area contributed by atoms with Crippen molar-refractivity contribution in [1.29, 1.82) is 0 Å². The Kier molecular flexibility index (Phi) is 6.56. The van der Waals surface area contributed by atoms with Crippen LogP contribution in [-0.2, 0) is 0 Å². The molecular formula is C9H20N+. The second kappa shape index (κ2) is 6.79. The molecule has 0 rings (SSSR count). The third kappa shape index (κ3) is 5.80. The molecule has 0 amide bonds. The number of unbranched alkanes of at least 4 members (excludes halogenated alkanes) is 2. The van der Waals surface area contributed by atoms with Gasteiger partial charge in [0.25, 0.3) is 0 Å². The Morgan fingerprint density at radius 3 is 2.40 bits per heavy atom. The monoisotopic (exact) mass is 142 g/mol. The second-order valence-corrected chi connectivity index (χ2v) is 2.78. The summed E-state index contributed by atoms with van der Waals surface area (Å²) in [5.74, 6) is 0. The minimum Gasteiger partial charge on any atom is -0.242 e. The van der Waals surface area contributed by atoms with Crippen LogP contribution in [0.25, 0.3) is 0 Å². The van der Waals surface area contributed by atoms with Crippen molar-refractivity contribution in [2.24, 2.45) is 0 Å². The summed E-state index contributed by atoms with van der Waals surface area (Å²) in [6, 6.07) is 0. The van der Waals surface area contributed by atoms with Crippen molar-refractivity contribution < 1.29 is 4.58 Å². The van der Waals surface area contributed by atoms with E-state index in [1.807, 2.05) is 0 Å². The molecule has 0 radical (unpaired) electrons. The van der Waals surface area contributed by atoms with Crippen molar-refractivity contribution in [2.75, 3.05) is 13.6 Å². The van der Waals surface area contributed by atoms with Gasteiger partial charge in [0, 0.05) is 12.8 Å². The summed E-state index contributed by atoms with van der Waals surface area (Å²) in [6.45, 7) is 5.64. The van der Waals surface area contributed by atoms with Crippen LogP contribution in [0.3, 0.4) is 0 Å². The zero-order valence-electron chi connectivity index (χ0n) is 7.56. The van der Waals surface area contributed by atoms with Gasteiger partial charge in [-0.05, 0) is 6.42 Å². The van der Waals surface area contributed by atoms with Crippen LogP contribution >= 0.6 is 0 Å². The van der Waals surface area contributed by atoms with E-state index in [4.69, 9.17) is 0 Å². The van der Waals surface area contributed by atoms with Crippen LogP contribution in [0.1, 0.15) is 39.5 Å². The summed E-state index contributed by atoms with van der Waals surface area (Å²) in [5, 5.41) is 0. The molecule has 0 unspecified atom stereocenters. The Bertz CT molecular complexity index is 94.9. The van der Waals surface area contributed by atoms with E-state index >= 15 is 0 Å². The molecule has 0 aromatic carbocycles. The van der Waals surface area contributed by atoms with Gasteiger partial charge in [0.1, 0.15) is 19.8 Å². The molecule has 0 saturated heterocycles. The van der Waals surface area contributed by atoms with E-state index in [-0.39, 0.29) is 0 Å². The van der Waals surface area contributed by atoms with E-state index in [1.165, 1.54) is 25.8 Å². The molecule has 0 aliphatic rings. The van der Waals surface area contributed by atoms with Crippen LogP contribution in [0.5, 0.6) is 0 Å². The Balaban J connectivity index is 3.21. The van der Waals surface area contributed by atoms with Crippen molar-refractivity contribution in [1.82, 2.24) is 0 Å². The molecule has 0 N–H and O–H groups in total. The quantitative estimate of drug-likeness (QED) is 0.315. The van der Waals surface area contributed by atoms with Gasteiger partial charge < -0.3 is 0 Å². The van der Waals surface area contributed by atoms with Gasteiger partial charge in [0.05, 0.1) is 0 Å². The predicted molar refractivity (Wildman–Crippen MR) is 46.9 cm³/mol. The molecule has 1 heteroatoms. The van der Waals surface area contributed by atoms with Crippen LogP contribution in [0.15, 0.2) is 0 Å². The fraction of sp³-hybridized carbons (Fsp3) is 0.889. The molecule has 0 fully saturated rings. The lowest BCUT2D eigenvalue weighted by molar-refractivity contribution is -0.494. The van der Waals surface area contributed by atoms with Crippen molar-refractivity contribution >= 4 is 6.21 Å². The Labute approximate surface area is 64.8 Å². The Morgan fingerprint density at radius 1 is 1.20 bits per heavy atom. The average Bonchev–Trinajstić information content (AvgIpc) is 1.89. The molecule has 1 nitrogen and oxygen atoms in total. The first kappa shape index (κ1) is 9.67. The minimum atomic E-state index is 1.16. The molecule has 0 aromatic heterocycles. The van der Waals surface area contributed by atoms with Gasteiger partial charge in [-0.2, -0.15) is 0 Å². The van der Waals surface area contributed by atoms with E-state index < -0.39 is 0 Å². The molecule has 0 aliphatic carbocycles. The minimum absolute atomic E-state index is 1.16. The first-order valence-corrected chi connectivity index (χ1v) is 4.34. The van der Waals surface area contributed by atoms with E-state index in [1.54, 1.807) is 0 Å². The maximum atomic E-state index is 2.29. The SMILES string of the molecule is CCC=[N+](C)CCCCC.